The molecule has 0 aliphatic heterocycles. The summed E-state index contributed by atoms with van der Waals surface area (Å²) in [5.74, 6) is 0.556. The summed E-state index contributed by atoms with van der Waals surface area (Å²) in [6, 6.07) is 14.8. The van der Waals surface area contributed by atoms with Gasteiger partial charge in [-0.3, -0.25) is 13.9 Å². The lowest BCUT2D eigenvalue weighted by atomic mass is 10.1. The second-order valence-electron chi connectivity index (χ2n) is 6.08. The largest absolute Gasteiger partial charge is 0.342 e. The highest BCUT2D eigenvalue weighted by atomic mass is 16.1. The van der Waals surface area contributed by atoms with E-state index in [1.807, 2.05) is 76.9 Å². The second kappa shape index (κ2) is 6.79. The summed E-state index contributed by atoms with van der Waals surface area (Å²) >= 11 is 0. The molecule has 0 bridgehead atoms. The Morgan fingerprint density at radius 2 is 1.92 bits per heavy atom. The third kappa shape index (κ3) is 3.19. The van der Waals surface area contributed by atoms with Crippen LogP contribution in [0.5, 0.6) is 0 Å². The molecule has 0 radical (unpaired) electrons. The highest BCUT2D eigenvalue weighted by Crippen LogP contribution is 2.13. The third-order valence-electron chi connectivity index (χ3n) is 4.19. The van der Waals surface area contributed by atoms with Gasteiger partial charge in [-0.05, 0) is 42.8 Å². The number of rotatable bonds is 5. The lowest BCUT2D eigenvalue weighted by Crippen LogP contribution is -2.28. The van der Waals surface area contributed by atoms with Crippen LogP contribution in [0.15, 0.2) is 67.1 Å². The lowest BCUT2D eigenvalue weighted by molar-refractivity contribution is 0.0938. The highest BCUT2D eigenvalue weighted by molar-refractivity contribution is 5.94. The summed E-state index contributed by atoms with van der Waals surface area (Å²) < 4.78 is 3.71. The Kier molecular flexibility index (Phi) is 4.18. The summed E-state index contributed by atoms with van der Waals surface area (Å²) in [4.78, 5) is 12.5. The van der Waals surface area contributed by atoms with E-state index in [0.29, 0.717) is 17.9 Å². The molecule has 0 aliphatic carbocycles. The minimum atomic E-state index is -0.261. The number of aromatic nitrogens is 5. The third-order valence-corrected chi connectivity index (χ3v) is 4.19. The van der Waals surface area contributed by atoms with Gasteiger partial charge in [0.1, 0.15) is 0 Å². The summed E-state index contributed by atoms with van der Waals surface area (Å²) in [5, 5.41) is 15.5. The first-order chi connectivity index (χ1) is 12.7. The van der Waals surface area contributed by atoms with Crippen LogP contribution in [0.1, 0.15) is 34.7 Å². The van der Waals surface area contributed by atoms with Gasteiger partial charge in [-0.1, -0.05) is 18.2 Å². The van der Waals surface area contributed by atoms with Gasteiger partial charge in [0.25, 0.3) is 5.91 Å². The molecular formula is C19H18N6O. The van der Waals surface area contributed by atoms with Crippen LogP contribution in [0.3, 0.4) is 0 Å². The van der Waals surface area contributed by atoms with E-state index in [0.717, 1.165) is 11.2 Å². The van der Waals surface area contributed by atoms with Crippen LogP contribution in [0.2, 0.25) is 0 Å². The molecule has 7 heteroatoms. The number of nitrogens with one attached hydrogen (secondary N) is 1. The van der Waals surface area contributed by atoms with E-state index in [4.69, 9.17) is 0 Å². The zero-order valence-corrected chi connectivity index (χ0v) is 14.3. The van der Waals surface area contributed by atoms with Crippen LogP contribution in [-0.4, -0.2) is 30.3 Å². The molecule has 7 nitrogen and oxygen atoms in total. The predicted octanol–water partition coefficient (Wildman–Crippen LogP) is 2.47. The Morgan fingerprint density at radius 3 is 2.69 bits per heavy atom. The van der Waals surface area contributed by atoms with Crippen molar-refractivity contribution in [3.05, 3.63) is 84.1 Å². The van der Waals surface area contributed by atoms with E-state index < -0.39 is 0 Å². The molecule has 0 saturated heterocycles. The minimum Gasteiger partial charge on any atom is -0.342 e. The van der Waals surface area contributed by atoms with Crippen molar-refractivity contribution in [3.8, 4) is 0 Å². The highest BCUT2D eigenvalue weighted by Gasteiger charge is 2.16. The molecular weight excluding hydrogens is 328 g/mol. The van der Waals surface area contributed by atoms with E-state index in [1.165, 1.54) is 0 Å². The summed E-state index contributed by atoms with van der Waals surface area (Å²) in [6.07, 6.45) is 5.54. The Morgan fingerprint density at radius 1 is 1.08 bits per heavy atom. The number of amides is 1. The molecule has 26 heavy (non-hydrogen) atoms. The van der Waals surface area contributed by atoms with Gasteiger partial charge in [0.2, 0.25) is 0 Å². The molecule has 130 valence electrons. The zero-order valence-electron chi connectivity index (χ0n) is 14.3. The molecule has 1 amide bonds. The summed E-state index contributed by atoms with van der Waals surface area (Å²) in [6.45, 7) is 2.57. The van der Waals surface area contributed by atoms with Crippen molar-refractivity contribution in [2.75, 3.05) is 0 Å². The maximum Gasteiger partial charge on any atom is 0.251 e. The Labute approximate surface area is 150 Å². The van der Waals surface area contributed by atoms with Crippen molar-refractivity contribution in [2.45, 2.75) is 19.5 Å². The number of nitrogens with zero attached hydrogens (tertiary/aromatic N) is 5. The monoisotopic (exact) mass is 346 g/mol. The van der Waals surface area contributed by atoms with Crippen LogP contribution in [-0.2, 0) is 6.54 Å². The van der Waals surface area contributed by atoms with Gasteiger partial charge in [0.15, 0.2) is 11.5 Å². The van der Waals surface area contributed by atoms with E-state index in [1.54, 1.807) is 6.20 Å². The minimum absolute atomic E-state index is 0.143. The second-order valence-corrected chi connectivity index (χ2v) is 6.08. The van der Waals surface area contributed by atoms with Crippen molar-refractivity contribution in [3.63, 3.8) is 0 Å². The van der Waals surface area contributed by atoms with Crippen LogP contribution >= 0.6 is 0 Å². The van der Waals surface area contributed by atoms with Gasteiger partial charge < -0.3 is 5.32 Å². The van der Waals surface area contributed by atoms with Gasteiger partial charge >= 0.3 is 0 Å². The lowest BCUT2D eigenvalue weighted by Gasteiger charge is -2.12. The first-order valence-electron chi connectivity index (χ1n) is 8.37. The molecule has 1 aromatic carbocycles. The summed E-state index contributed by atoms with van der Waals surface area (Å²) in [7, 11) is 0. The van der Waals surface area contributed by atoms with E-state index in [9.17, 15) is 4.79 Å². The maximum atomic E-state index is 12.5. The fourth-order valence-corrected chi connectivity index (χ4v) is 2.84. The molecule has 3 heterocycles. The normalized spacial score (nSPS) is 12.2. The van der Waals surface area contributed by atoms with Gasteiger partial charge in [0, 0.05) is 24.2 Å². The fourth-order valence-electron chi connectivity index (χ4n) is 2.84. The quantitative estimate of drug-likeness (QED) is 0.602. The molecule has 4 aromatic rings. The molecule has 4 rings (SSSR count). The number of hydrogen-bond donors (Lipinski definition) is 1. The van der Waals surface area contributed by atoms with E-state index in [2.05, 4.69) is 20.6 Å². The molecule has 3 aromatic heterocycles. The molecule has 0 unspecified atom stereocenters. The van der Waals surface area contributed by atoms with Gasteiger partial charge in [0.05, 0.1) is 12.6 Å². The maximum absolute atomic E-state index is 12.5. The molecule has 0 fully saturated rings. The standard InChI is InChI=1S/C19H18N6O/c1-14(18-23-22-17-5-2-3-12-25(17)18)21-19(26)16-8-6-15(7-9-16)13-24-11-4-10-20-24/h2-12,14H,13H2,1H3,(H,21,26)/t14-/m1/s1. The molecule has 0 saturated carbocycles. The van der Waals surface area contributed by atoms with Crippen LogP contribution in [0.25, 0.3) is 5.65 Å². The smallest absolute Gasteiger partial charge is 0.251 e. The molecule has 1 N–H and O–H groups in total. The fraction of sp³-hybridized carbons (Fsp3) is 0.158. The van der Waals surface area contributed by atoms with Gasteiger partial charge in [-0.2, -0.15) is 5.10 Å². The number of hydrogen-bond acceptors (Lipinski definition) is 4. The SMILES string of the molecule is C[C@@H](NC(=O)c1ccc(Cn2cccn2)cc1)c1nnc2ccccn12. The number of fused-ring (bicyclic) bond motifs is 1. The zero-order chi connectivity index (χ0) is 17.9. The van der Waals surface area contributed by atoms with Gasteiger partial charge in [-0.15, -0.1) is 10.2 Å². The number of pyridine rings is 1. The Balaban J connectivity index is 1.45. The van der Waals surface area contributed by atoms with Gasteiger partial charge in [-0.25, -0.2) is 0 Å². The Hall–Kier alpha value is -3.48. The molecule has 0 aliphatic rings. The average molecular weight is 346 g/mol. The van der Waals surface area contributed by atoms with Crippen LogP contribution in [0.4, 0.5) is 0 Å². The van der Waals surface area contributed by atoms with Crippen molar-refractivity contribution in [1.82, 2.24) is 29.7 Å². The van der Waals surface area contributed by atoms with Crippen molar-refractivity contribution in [1.29, 1.82) is 0 Å². The number of carbonyl (C=O) groups is 1. The van der Waals surface area contributed by atoms with E-state index >= 15 is 0 Å². The van der Waals surface area contributed by atoms with Crippen molar-refractivity contribution < 1.29 is 4.79 Å². The van der Waals surface area contributed by atoms with Crippen LogP contribution in [0, 0.1) is 0 Å². The topological polar surface area (TPSA) is 77.1 Å². The predicted molar refractivity (Wildman–Crippen MR) is 96.6 cm³/mol. The first kappa shape index (κ1) is 16.0. The average Bonchev–Trinajstić information content (AvgIpc) is 3.31. The number of carbonyl (C=O) groups excluding carboxylic acids is 1. The molecule has 0 spiro atoms. The number of benzene rings is 1. The Bertz CT molecular complexity index is 1020. The van der Waals surface area contributed by atoms with Crippen molar-refractivity contribution >= 4 is 11.6 Å². The van der Waals surface area contributed by atoms with Crippen LogP contribution < -0.4 is 5.32 Å². The summed E-state index contributed by atoms with van der Waals surface area (Å²) in [5.41, 5.74) is 2.45. The van der Waals surface area contributed by atoms with Crippen molar-refractivity contribution in [2.24, 2.45) is 0 Å². The first-order valence-corrected chi connectivity index (χ1v) is 8.37. The molecule has 1 atom stereocenters. The van der Waals surface area contributed by atoms with E-state index in [-0.39, 0.29) is 11.9 Å².